The zero-order valence-electron chi connectivity index (χ0n) is 14.3. The van der Waals surface area contributed by atoms with E-state index in [2.05, 4.69) is 5.32 Å². The van der Waals surface area contributed by atoms with Gasteiger partial charge in [0.25, 0.3) is 0 Å². The maximum Gasteiger partial charge on any atom is 0.410 e. The van der Waals surface area contributed by atoms with Gasteiger partial charge in [-0.05, 0) is 44.9 Å². The molecule has 1 aromatic rings. The van der Waals surface area contributed by atoms with E-state index in [4.69, 9.17) is 4.74 Å². The zero-order chi connectivity index (χ0) is 17.5. The standard InChI is InChI=1S/C17H26F2N2O2/c1-5-7-21(16(22)23-17(2,3)4)8-6-20-12-13-9-14(18)11-15(19)10-13/h9-11,20H,5-8,12H2,1-4H3. The number of benzene rings is 1. The van der Waals surface area contributed by atoms with Crippen molar-refractivity contribution >= 4 is 6.09 Å². The van der Waals surface area contributed by atoms with Crippen molar-refractivity contribution in [1.82, 2.24) is 10.2 Å². The summed E-state index contributed by atoms with van der Waals surface area (Å²) >= 11 is 0. The molecule has 0 aliphatic rings. The first kappa shape index (κ1) is 19.4. The second-order valence-electron chi connectivity index (χ2n) is 6.42. The van der Waals surface area contributed by atoms with Crippen LogP contribution in [0, 0.1) is 11.6 Å². The molecular formula is C17H26F2N2O2. The lowest BCUT2D eigenvalue weighted by molar-refractivity contribution is 0.0252. The lowest BCUT2D eigenvalue weighted by atomic mass is 10.2. The third kappa shape index (κ3) is 7.93. The molecule has 0 saturated heterocycles. The quantitative estimate of drug-likeness (QED) is 0.776. The van der Waals surface area contributed by atoms with Crippen LogP contribution in [0.25, 0.3) is 0 Å². The van der Waals surface area contributed by atoms with Gasteiger partial charge in [0.15, 0.2) is 0 Å². The molecule has 0 aliphatic heterocycles. The van der Waals surface area contributed by atoms with Gasteiger partial charge in [0, 0.05) is 32.2 Å². The molecule has 1 aromatic carbocycles. The highest BCUT2D eigenvalue weighted by Crippen LogP contribution is 2.10. The molecule has 0 aromatic heterocycles. The van der Waals surface area contributed by atoms with Gasteiger partial charge in [-0.25, -0.2) is 13.6 Å². The summed E-state index contributed by atoms with van der Waals surface area (Å²) in [5, 5.41) is 3.08. The van der Waals surface area contributed by atoms with Crippen LogP contribution < -0.4 is 5.32 Å². The Balaban J connectivity index is 2.45. The summed E-state index contributed by atoms with van der Waals surface area (Å²) in [7, 11) is 0. The first-order valence-corrected chi connectivity index (χ1v) is 7.85. The SMILES string of the molecule is CCCN(CCNCc1cc(F)cc(F)c1)C(=O)OC(C)(C)C. The van der Waals surface area contributed by atoms with E-state index in [9.17, 15) is 13.6 Å². The predicted molar refractivity (Wildman–Crippen MR) is 86.2 cm³/mol. The molecule has 0 radical (unpaired) electrons. The number of hydrogen-bond donors (Lipinski definition) is 1. The molecule has 1 rings (SSSR count). The lowest BCUT2D eigenvalue weighted by Crippen LogP contribution is -2.40. The summed E-state index contributed by atoms with van der Waals surface area (Å²) in [6.45, 7) is 9.38. The minimum absolute atomic E-state index is 0.336. The molecule has 0 unspecified atom stereocenters. The molecule has 130 valence electrons. The summed E-state index contributed by atoms with van der Waals surface area (Å²) in [6, 6.07) is 3.41. The predicted octanol–water partition coefficient (Wildman–Crippen LogP) is 3.70. The molecular weight excluding hydrogens is 302 g/mol. The van der Waals surface area contributed by atoms with Crippen LogP contribution in [0.15, 0.2) is 18.2 Å². The van der Waals surface area contributed by atoms with Crippen LogP contribution in [0.5, 0.6) is 0 Å². The number of nitrogens with zero attached hydrogens (tertiary/aromatic N) is 1. The Morgan fingerprint density at radius 2 is 1.78 bits per heavy atom. The number of nitrogens with one attached hydrogen (secondary N) is 1. The van der Waals surface area contributed by atoms with Crippen molar-refractivity contribution < 1.29 is 18.3 Å². The van der Waals surface area contributed by atoms with E-state index < -0.39 is 17.2 Å². The number of carbonyl (C=O) groups excluding carboxylic acids is 1. The molecule has 0 atom stereocenters. The largest absolute Gasteiger partial charge is 0.444 e. The molecule has 6 heteroatoms. The third-order valence-electron chi connectivity index (χ3n) is 2.96. The smallest absolute Gasteiger partial charge is 0.410 e. The average molecular weight is 328 g/mol. The van der Waals surface area contributed by atoms with Crippen LogP contribution in [0.1, 0.15) is 39.7 Å². The molecule has 0 saturated carbocycles. The molecule has 0 spiro atoms. The van der Waals surface area contributed by atoms with Crippen molar-refractivity contribution in [3.05, 3.63) is 35.4 Å². The van der Waals surface area contributed by atoms with Gasteiger partial charge in [0.2, 0.25) is 0 Å². The second kappa shape index (κ2) is 8.82. The van der Waals surface area contributed by atoms with E-state index in [1.807, 2.05) is 27.7 Å². The molecule has 0 aliphatic carbocycles. The Bertz CT molecular complexity index is 496. The summed E-state index contributed by atoms with van der Waals surface area (Å²) < 4.78 is 31.5. The molecule has 1 amide bonds. The zero-order valence-corrected chi connectivity index (χ0v) is 14.3. The van der Waals surface area contributed by atoms with Crippen LogP contribution in [0.3, 0.4) is 0 Å². The van der Waals surface area contributed by atoms with Crippen LogP contribution in [0.2, 0.25) is 0 Å². The number of rotatable bonds is 7. The van der Waals surface area contributed by atoms with Crippen LogP contribution in [0.4, 0.5) is 13.6 Å². The number of ether oxygens (including phenoxy) is 1. The van der Waals surface area contributed by atoms with Gasteiger partial charge < -0.3 is 15.0 Å². The Kier molecular flexibility index (Phi) is 7.42. The molecule has 1 N–H and O–H groups in total. The minimum Gasteiger partial charge on any atom is -0.444 e. The van der Waals surface area contributed by atoms with E-state index >= 15 is 0 Å². The van der Waals surface area contributed by atoms with E-state index in [-0.39, 0.29) is 6.09 Å². The van der Waals surface area contributed by atoms with Gasteiger partial charge in [-0.15, -0.1) is 0 Å². The minimum atomic E-state index is -0.594. The maximum absolute atomic E-state index is 13.1. The number of hydrogen-bond acceptors (Lipinski definition) is 3. The van der Waals surface area contributed by atoms with Gasteiger partial charge in [0.1, 0.15) is 17.2 Å². The van der Waals surface area contributed by atoms with Gasteiger partial charge in [0.05, 0.1) is 0 Å². The maximum atomic E-state index is 13.1. The fourth-order valence-electron chi connectivity index (χ4n) is 2.05. The molecule has 0 fully saturated rings. The van der Waals surface area contributed by atoms with Gasteiger partial charge in [-0.2, -0.15) is 0 Å². The fourth-order valence-corrected chi connectivity index (χ4v) is 2.05. The van der Waals surface area contributed by atoms with E-state index in [0.29, 0.717) is 31.7 Å². The van der Waals surface area contributed by atoms with Crippen molar-refractivity contribution in [3.8, 4) is 0 Å². The molecule has 23 heavy (non-hydrogen) atoms. The summed E-state index contributed by atoms with van der Waals surface area (Å²) in [5.74, 6) is -1.19. The lowest BCUT2D eigenvalue weighted by Gasteiger charge is -2.27. The Labute approximate surface area is 136 Å². The van der Waals surface area contributed by atoms with Crippen molar-refractivity contribution in [3.63, 3.8) is 0 Å². The highest BCUT2D eigenvalue weighted by molar-refractivity contribution is 5.68. The van der Waals surface area contributed by atoms with Crippen LogP contribution in [-0.4, -0.2) is 36.2 Å². The van der Waals surface area contributed by atoms with Gasteiger partial charge >= 0.3 is 6.09 Å². The number of carbonyl (C=O) groups is 1. The topological polar surface area (TPSA) is 41.6 Å². The number of amides is 1. The molecule has 0 bridgehead atoms. The van der Waals surface area contributed by atoms with Crippen molar-refractivity contribution in [1.29, 1.82) is 0 Å². The molecule has 0 heterocycles. The summed E-state index contributed by atoms with van der Waals surface area (Å²) in [6.07, 6.45) is 0.479. The first-order chi connectivity index (χ1) is 10.7. The Hall–Kier alpha value is -1.69. The van der Waals surface area contributed by atoms with Crippen LogP contribution >= 0.6 is 0 Å². The van der Waals surface area contributed by atoms with Crippen molar-refractivity contribution in [2.24, 2.45) is 0 Å². The second-order valence-corrected chi connectivity index (χ2v) is 6.42. The summed E-state index contributed by atoms with van der Waals surface area (Å²) in [5.41, 5.74) is -0.00269. The summed E-state index contributed by atoms with van der Waals surface area (Å²) in [4.78, 5) is 13.7. The highest BCUT2D eigenvalue weighted by Gasteiger charge is 2.21. The van der Waals surface area contributed by atoms with Crippen molar-refractivity contribution in [2.75, 3.05) is 19.6 Å². The first-order valence-electron chi connectivity index (χ1n) is 7.85. The Morgan fingerprint density at radius 3 is 2.30 bits per heavy atom. The van der Waals surface area contributed by atoms with Crippen molar-refractivity contribution in [2.45, 2.75) is 46.3 Å². The van der Waals surface area contributed by atoms with E-state index in [1.54, 1.807) is 4.90 Å². The normalized spacial score (nSPS) is 11.4. The monoisotopic (exact) mass is 328 g/mol. The third-order valence-corrected chi connectivity index (χ3v) is 2.96. The van der Waals surface area contributed by atoms with E-state index in [0.717, 1.165) is 12.5 Å². The number of halogens is 2. The fraction of sp³-hybridized carbons (Fsp3) is 0.588. The van der Waals surface area contributed by atoms with Gasteiger partial charge in [-0.3, -0.25) is 0 Å². The highest BCUT2D eigenvalue weighted by atomic mass is 19.1. The van der Waals surface area contributed by atoms with Crippen LogP contribution in [-0.2, 0) is 11.3 Å². The average Bonchev–Trinajstić information content (AvgIpc) is 2.39. The Morgan fingerprint density at radius 1 is 1.17 bits per heavy atom. The molecule has 4 nitrogen and oxygen atoms in total. The van der Waals surface area contributed by atoms with Gasteiger partial charge in [-0.1, -0.05) is 6.92 Å². The van der Waals surface area contributed by atoms with E-state index in [1.165, 1.54) is 12.1 Å².